The molecule has 0 radical (unpaired) electrons. The molecule has 0 aliphatic carbocycles. The molecule has 0 atom stereocenters. The van der Waals surface area contributed by atoms with Crippen molar-refractivity contribution in [3.63, 3.8) is 0 Å². The van der Waals surface area contributed by atoms with Gasteiger partial charge in [-0.3, -0.25) is 0 Å². The molecule has 5 nitrogen and oxygen atoms in total. The molecule has 0 aromatic rings. The summed E-state index contributed by atoms with van der Waals surface area (Å²) >= 11 is 8.91. The number of aliphatic hydroxyl groups excluding tert-OH is 1. The fraction of sp³-hybridized carbons (Fsp3) is 0.700. The van der Waals surface area contributed by atoms with Gasteiger partial charge in [-0.2, -0.15) is 5.26 Å². The van der Waals surface area contributed by atoms with Crippen molar-refractivity contribution in [2.45, 2.75) is 33.3 Å². The van der Waals surface area contributed by atoms with Gasteiger partial charge < -0.3 is 20.5 Å². The van der Waals surface area contributed by atoms with E-state index in [9.17, 15) is 0 Å². The van der Waals surface area contributed by atoms with Gasteiger partial charge in [0, 0.05) is 13.1 Å². The molecule has 0 aromatic carbocycles. The van der Waals surface area contributed by atoms with Crippen LogP contribution in [0.15, 0.2) is 0 Å². The molecule has 98 valence electrons. The first-order valence-electron chi connectivity index (χ1n) is 5.07. The summed E-state index contributed by atoms with van der Waals surface area (Å²) in [6.07, 6.45) is 0. The van der Waals surface area contributed by atoms with Gasteiger partial charge >= 0.3 is 0 Å². The third-order valence-corrected chi connectivity index (χ3v) is 1.97. The molecule has 0 bridgehead atoms. The van der Waals surface area contributed by atoms with Crippen molar-refractivity contribution in [1.29, 1.82) is 5.26 Å². The van der Waals surface area contributed by atoms with Gasteiger partial charge in [0.2, 0.25) is 0 Å². The summed E-state index contributed by atoms with van der Waals surface area (Å²) in [5.74, 6) is 0. The second kappa shape index (κ2) is 8.96. The number of ether oxygens (including phenoxy) is 1. The van der Waals surface area contributed by atoms with E-state index < -0.39 is 10.8 Å². The van der Waals surface area contributed by atoms with Gasteiger partial charge in [0.15, 0.2) is 5.60 Å². The van der Waals surface area contributed by atoms with Crippen LogP contribution in [0.3, 0.4) is 0 Å². The van der Waals surface area contributed by atoms with E-state index in [4.69, 9.17) is 27.3 Å². The number of nitrogens with zero attached hydrogens (tertiary/aromatic N) is 2. The van der Waals surface area contributed by atoms with Gasteiger partial charge in [0.05, 0.1) is 0 Å². The second-order valence-corrected chi connectivity index (χ2v) is 4.27. The van der Waals surface area contributed by atoms with Crippen molar-refractivity contribution in [1.82, 2.24) is 4.90 Å². The van der Waals surface area contributed by atoms with E-state index in [2.05, 4.69) is 18.0 Å². The summed E-state index contributed by atoms with van der Waals surface area (Å²) in [5, 5.41) is 16.2. The van der Waals surface area contributed by atoms with Crippen LogP contribution in [0.25, 0.3) is 0 Å². The van der Waals surface area contributed by atoms with E-state index in [1.54, 1.807) is 13.8 Å². The van der Waals surface area contributed by atoms with Gasteiger partial charge in [-0.15, -0.1) is 0 Å². The minimum Gasteiger partial charge on any atom is -0.487 e. The number of hydrogen-bond donors (Lipinski definition) is 2. The fourth-order valence-corrected chi connectivity index (χ4v) is 1.25. The lowest BCUT2D eigenvalue weighted by molar-refractivity contribution is 0.130. The van der Waals surface area contributed by atoms with Crippen molar-refractivity contribution in [3.05, 3.63) is 0 Å². The molecule has 0 saturated heterocycles. The Hall–Kier alpha value is -1.13. The van der Waals surface area contributed by atoms with Crippen LogP contribution in [0.4, 0.5) is 0 Å². The van der Waals surface area contributed by atoms with Crippen molar-refractivity contribution >= 4 is 34.8 Å². The third-order valence-electron chi connectivity index (χ3n) is 1.63. The van der Waals surface area contributed by atoms with E-state index >= 15 is 0 Å². The average Bonchev–Trinajstić information content (AvgIpc) is 2.18. The Labute approximate surface area is 113 Å². The van der Waals surface area contributed by atoms with Gasteiger partial charge in [-0.1, -0.05) is 0 Å². The van der Waals surface area contributed by atoms with Crippen molar-refractivity contribution in [2.75, 3.05) is 13.1 Å². The predicted molar refractivity (Wildman–Crippen MR) is 75.7 cm³/mol. The molecule has 0 rings (SSSR count). The number of rotatable bonds is 3. The summed E-state index contributed by atoms with van der Waals surface area (Å²) < 4.78 is 5.33. The van der Waals surface area contributed by atoms with E-state index in [0.29, 0.717) is 5.17 Å². The molecule has 0 aliphatic rings. The van der Waals surface area contributed by atoms with E-state index in [0.717, 1.165) is 13.1 Å². The largest absolute Gasteiger partial charge is 0.487 e. The maximum Gasteiger partial charge on any atom is 0.260 e. The molecule has 0 aromatic heterocycles. The van der Waals surface area contributed by atoms with E-state index in [1.807, 2.05) is 24.8 Å². The lowest BCUT2D eigenvalue weighted by Crippen LogP contribution is -2.37. The molecule has 0 heterocycles. The normalized spacial score (nSPS) is 9.35. The van der Waals surface area contributed by atoms with Crippen LogP contribution in [0.2, 0.25) is 0 Å². The van der Waals surface area contributed by atoms with Crippen molar-refractivity contribution in [3.8, 4) is 6.07 Å². The lowest BCUT2D eigenvalue weighted by atomic mass is 10.2. The average molecular weight is 277 g/mol. The SMILES string of the molecule is CCN(CC)C(=S)OC(C)(C)C#N.NC(O)=S. The predicted octanol–water partition coefficient (Wildman–Crippen LogP) is 1.72. The van der Waals surface area contributed by atoms with Crippen LogP contribution in [0.1, 0.15) is 27.7 Å². The van der Waals surface area contributed by atoms with Gasteiger partial charge in [-0.25, -0.2) is 0 Å². The van der Waals surface area contributed by atoms with Crippen LogP contribution in [-0.2, 0) is 4.74 Å². The third kappa shape index (κ3) is 11.1. The number of aliphatic hydroxyl groups is 1. The number of thiocarbonyl (C=S) groups is 2. The maximum atomic E-state index is 8.72. The zero-order valence-corrected chi connectivity index (χ0v) is 12.2. The van der Waals surface area contributed by atoms with Gasteiger partial charge in [0.25, 0.3) is 10.3 Å². The highest BCUT2D eigenvalue weighted by molar-refractivity contribution is 7.80. The summed E-state index contributed by atoms with van der Waals surface area (Å²) in [4.78, 5) is 1.90. The van der Waals surface area contributed by atoms with Gasteiger partial charge in [0.1, 0.15) is 6.07 Å². The zero-order valence-electron chi connectivity index (χ0n) is 10.6. The summed E-state index contributed by atoms with van der Waals surface area (Å²) in [5.41, 5.74) is 3.56. The molecule has 0 spiro atoms. The maximum absolute atomic E-state index is 8.72. The number of hydrogen-bond acceptors (Lipinski definition) is 4. The molecule has 0 amide bonds. The quantitative estimate of drug-likeness (QED) is 0.760. The minimum atomic E-state index is -0.834. The molecule has 17 heavy (non-hydrogen) atoms. The Kier molecular flexibility index (Phi) is 9.61. The van der Waals surface area contributed by atoms with Crippen LogP contribution in [-0.4, -0.2) is 39.0 Å². The standard InChI is InChI=1S/C9H16N2OS.CH3NOS/c1-5-11(6-2)8(13)12-9(3,4)7-10;2-1(3)4/h5-6H2,1-4H3;(H3,2,3,4). The molecular formula is C10H19N3O2S2. The van der Waals surface area contributed by atoms with Crippen LogP contribution in [0, 0.1) is 11.3 Å². The molecule has 7 heteroatoms. The highest BCUT2D eigenvalue weighted by Crippen LogP contribution is 2.09. The Balaban J connectivity index is 0. The Bertz CT molecular complexity index is 292. The lowest BCUT2D eigenvalue weighted by Gasteiger charge is -2.26. The smallest absolute Gasteiger partial charge is 0.260 e. The zero-order chi connectivity index (χ0) is 14.1. The first-order chi connectivity index (χ1) is 7.70. The highest BCUT2D eigenvalue weighted by atomic mass is 32.1. The summed E-state index contributed by atoms with van der Waals surface area (Å²) in [7, 11) is 0. The molecule has 3 N–H and O–H groups in total. The van der Waals surface area contributed by atoms with Crippen molar-refractivity contribution < 1.29 is 9.84 Å². The van der Waals surface area contributed by atoms with Crippen LogP contribution < -0.4 is 5.73 Å². The number of nitrogens with two attached hydrogens (primary N) is 1. The fourth-order valence-electron chi connectivity index (χ4n) is 0.787. The molecule has 0 aliphatic heterocycles. The molecular weight excluding hydrogens is 258 g/mol. The van der Waals surface area contributed by atoms with Gasteiger partial charge in [-0.05, 0) is 52.1 Å². The highest BCUT2D eigenvalue weighted by Gasteiger charge is 2.21. The molecule has 0 saturated carbocycles. The Morgan fingerprint density at radius 2 is 1.76 bits per heavy atom. The monoisotopic (exact) mass is 277 g/mol. The second-order valence-electron chi connectivity index (χ2n) is 3.50. The van der Waals surface area contributed by atoms with Crippen LogP contribution in [0.5, 0.6) is 0 Å². The van der Waals surface area contributed by atoms with E-state index in [-0.39, 0.29) is 0 Å². The minimum absolute atomic E-state index is 0.400. The van der Waals surface area contributed by atoms with Crippen LogP contribution >= 0.6 is 24.4 Å². The summed E-state index contributed by atoms with van der Waals surface area (Å²) in [6.45, 7) is 9.00. The topological polar surface area (TPSA) is 82.5 Å². The first-order valence-corrected chi connectivity index (χ1v) is 5.89. The molecule has 0 unspecified atom stereocenters. The Morgan fingerprint density at radius 1 is 1.41 bits per heavy atom. The van der Waals surface area contributed by atoms with Crippen molar-refractivity contribution in [2.24, 2.45) is 5.73 Å². The van der Waals surface area contributed by atoms with E-state index in [1.165, 1.54) is 0 Å². The Morgan fingerprint density at radius 3 is 2.00 bits per heavy atom. The number of nitriles is 1. The summed E-state index contributed by atoms with van der Waals surface area (Å²) in [6, 6.07) is 2.04. The molecule has 0 fully saturated rings. The first kappa shape index (κ1) is 18.2.